The van der Waals surface area contributed by atoms with E-state index in [0.717, 1.165) is 11.3 Å². The highest BCUT2D eigenvalue weighted by atomic mass is 15.3. The highest BCUT2D eigenvalue weighted by molar-refractivity contribution is 5.30. The number of nitrogens with zero attached hydrogens (tertiary/aromatic N) is 1. The topological polar surface area (TPSA) is 24.4 Å². The fraction of sp³-hybridized carbons (Fsp3) is 0.100. The van der Waals surface area contributed by atoms with E-state index in [9.17, 15) is 0 Å². The van der Waals surface area contributed by atoms with Crippen LogP contribution in [0.15, 0.2) is 53.8 Å². The average Bonchev–Trinajstić information content (AvgIpc) is 2.05. The van der Waals surface area contributed by atoms with Gasteiger partial charge in [0.05, 0.1) is 5.70 Å². The summed E-state index contributed by atoms with van der Waals surface area (Å²) in [5, 5.41) is 3.50. The molecule has 0 radical (unpaired) electrons. The molecule has 0 aliphatic carbocycles. The molecule has 0 aromatic heterocycles. The van der Waals surface area contributed by atoms with E-state index >= 15 is 0 Å². The molecule has 0 saturated heterocycles. The molecule has 2 nitrogen and oxygen atoms in total. The molecule has 0 heterocycles. The highest BCUT2D eigenvalue weighted by Gasteiger charge is 1.90. The minimum absolute atomic E-state index is 0.749. The van der Waals surface area contributed by atoms with Gasteiger partial charge in [-0.1, -0.05) is 37.5 Å². The van der Waals surface area contributed by atoms with E-state index in [4.69, 9.17) is 0 Å². The minimum atomic E-state index is 0.749. The second-order valence-electron chi connectivity index (χ2n) is 2.22. The Kier molecular flexibility index (Phi) is 5.35. The molecule has 2 heteroatoms. The lowest BCUT2D eigenvalue weighted by Crippen LogP contribution is -2.03. The average molecular weight is 162 g/mol. The number of allylic oxidation sites excluding steroid dienone is 5. The summed E-state index contributed by atoms with van der Waals surface area (Å²) in [6.07, 6.45) is 7.37. The van der Waals surface area contributed by atoms with Gasteiger partial charge in [-0.2, -0.15) is 5.10 Å². The van der Waals surface area contributed by atoms with E-state index < -0.39 is 0 Å². The number of hydrazone groups is 1. The van der Waals surface area contributed by atoms with E-state index in [2.05, 4.69) is 30.4 Å². The molecule has 0 rings (SSSR count). The highest BCUT2D eigenvalue weighted by Crippen LogP contribution is 2.02. The van der Waals surface area contributed by atoms with E-state index in [-0.39, 0.29) is 0 Å². The Balaban J connectivity index is 4.16. The smallest absolute Gasteiger partial charge is 0.0518 e. The van der Waals surface area contributed by atoms with Crippen LogP contribution in [0, 0.1) is 0 Å². The lowest BCUT2D eigenvalue weighted by atomic mass is 10.2. The van der Waals surface area contributed by atoms with E-state index in [1.54, 1.807) is 6.08 Å². The van der Waals surface area contributed by atoms with Crippen molar-refractivity contribution in [1.29, 1.82) is 0 Å². The van der Waals surface area contributed by atoms with Crippen molar-refractivity contribution < 1.29 is 0 Å². The Labute approximate surface area is 73.7 Å². The summed E-state index contributed by atoms with van der Waals surface area (Å²) in [5.41, 5.74) is 4.43. The molecule has 0 aromatic carbocycles. The first-order valence-electron chi connectivity index (χ1n) is 3.59. The molecule has 0 bridgehead atoms. The fourth-order valence-electron chi connectivity index (χ4n) is 0.563. The molecule has 0 spiro atoms. The first-order valence-corrected chi connectivity index (χ1v) is 3.59. The van der Waals surface area contributed by atoms with Gasteiger partial charge >= 0.3 is 0 Å². The molecular formula is C10H14N2. The second-order valence-corrected chi connectivity index (χ2v) is 2.22. The third-order valence-corrected chi connectivity index (χ3v) is 1.28. The Morgan fingerprint density at radius 3 is 2.58 bits per heavy atom. The summed E-state index contributed by atoms with van der Waals surface area (Å²) >= 11 is 0. The van der Waals surface area contributed by atoms with Crippen molar-refractivity contribution in [1.82, 2.24) is 5.43 Å². The van der Waals surface area contributed by atoms with Gasteiger partial charge in [0.2, 0.25) is 0 Å². The predicted octanol–water partition coefficient (Wildman–Crippen LogP) is 2.39. The molecule has 0 atom stereocenters. The molecule has 0 unspecified atom stereocenters. The number of rotatable bonds is 5. The summed E-state index contributed by atoms with van der Waals surface area (Å²) in [6.45, 7) is 12.5. The Morgan fingerprint density at radius 2 is 2.08 bits per heavy atom. The van der Waals surface area contributed by atoms with E-state index in [1.165, 1.54) is 0 Å². The van der Waals surface area contributed by atoms with Gasteiger partial charge in [0, 0.05) is 6.72 Å². The summed E-state index contributed by atoms with van der Waals surface area (Å²) in [7, 11) is 0. The molecule has 0 aliphatic heterocycles. The van der Waals surface area contributed by atoms with Gasteiger partial charge in [0.15, 0.2) is 0 Å². The summed E-state index contributed by atoms with van der Waals surface area (Å²) < 4.78 is 0. The molecule has 0 aliphatic rings. The quantitative estimate of drug-likeness (QED) is 0.374. The molecule has 64 valence electrons. The molecule has 12 heavy (non-hydrogen) atoms. The fourth-order valence-corrected chi connectivity index (χ4v) is 0.563. The first kappa shape index (κ1) is 10.4. The van der Waals surface area contributed by atoms with Crippen LogP contribution in [0.5, 0.6) is 0 Å². The molecule has 0 aromatic rings. The maximum atomic E-state index is 3.75. The predicted molar refractivity (Wildman–Crippen MR) is 54.9 cm³/mol. The van der Waals surface area contributed by atoms with Crippen molar-refractivity contribution in [3.63, 3.8) is 0 Å². The van der Waals surface area contributed by atoms with Crippen molar-refractivity contribution in [2.24, 2.45) is 5.10 Å². The molecule has 0 amide bonds. The number of hydrogen-bond donors (Lipinski definition) is 1. The van der Waals surface area contributed by atoms with Gasteiger partial charge in [-0.3, -0.25) is 5.43 Å². The van der Waals surface area contributed by atoms with Crippen LogP contribution in [-0.4, -0.2) is 6.72 Å². The monoisotopic (exact) mass is 162 g/mol. The van der Waals surface area contributed by atoms with Gasteiger partial charge in [0.25, 0.3) is 0 Å². The SMILES string of the molecule is C=C/C=C\C=C(/C)C(=C)NN=C. The van der Waals surface area contributed by atoms with Crippen LogP contribution in [0.2, 0.25) is 0 Å². The third kappa shape index (κ3) is 4.28. The van der Waals surface area contributed by atoms with Crippen molar-refractivity contribution in [2.75, 3.05) is 0 Å². The Bertz CT molecular complexity index is 234. The number of hydrogen-bond acceptors (Lipinski definition) is 2. The van der Waals surface area contributed by atoms with E-state index in [1.807, 2.05) is 25.2 Å². The van der Waals surface area contributed by atoms with Crippen LogP contribution < -0.4 is 5.43 Å². The van der Waals surface area contributed by atoms with Gasteiger partial charge in [-0.25, -0.2) is 0 Å². The zero-order valence-corrected chi connectivity index (χ0v) is 7.38. The van der Waals surface area contributed by atoms with Crippen molar-refractivity contribution in [3.8, 4) is 0 Å². The third-order valence-electron chi connectivity index (χ3n) is 1.28. The van der Waals surface area contributed by atoms with Crippen molar-refractivity contribution >= 4 is 6.72 Å². The van der Waals surface area contributed by atoms with Gasteiger partial charge in [-0.05, 0) is 12.5 Å². The Hall–Kier alpha value is -1.57. The minimum Gasteiger partial charge on any atom is -0.279 e. The van der Waals surface area contributed by atoms with Gasteiger partial charge in [0.1, 0.15) is 0 Å². The Morgan fingerprint density at radius 1 is 1.42 bits per heavy atom. The maximum Gasteiger partial charge on any atom is 0.0518 e. The van der Waals surface area contributed by atoms with Crippen LogP contribution >= 0.6 is 0 Å². The molecule has 1 N–H and O–H groups in total. The second kappa shape index (κ2) is 6.16. The number of nitrogens with one attached hydrogen (secondary N) is 1. The lowest BCUT2D eigenvalue weighted by Gasteiger charge is -2.01. The summed E-state index contributed by atoms with van der Waals surface area (Å²) in [4.78, 5) is 0. The van der Waals surface area contributed by atoms with Crippen molar-refractivity contribution in [3.05, 3.63) is 48.7 Å². The van der Waals surface area contributed by atoms with Gasteiger partial charge in [-0.15, -0.1) is 0 Å². The first-order chi connectivity index (χ1) is 5.72. The van der Waals surface area contributed by atoms with Gasteiger partial charge < -0.3 is 0 Å². The normalized spacial score (nSPS) is 11.2. The molecule has 0 saturated carbocycles. The zero-order chi connectivity index (χ0) is 9.40. The van der Waals surface area contributed by atoms with Crippen molar-refractivity contribution in [2.45, 2.75) is 6.92 Å². The standard InChI is InChI=1S/C10H14N2/c1-5-6-7-8-9(2)10(3)12-11-4/h5-8,12H,1,3-4H2,2H3/b7-6-,9-8+. The van der Waals surface area contributed by atoms with Crippen LogP contribution in [0.4, 0.5) is 0 Å². The van der Waals surface area contributed by atoms with Crippen LogP contribution in [0.3, 0.4) is 0 Å². The molecular weight excluding hydrogens is 148 g/mol. The summed E-state index contributed by atoms with van der Waals surface area (Å²) in [6, 6.07) is 0. The molecule has 0 fully saturated rings. The van der Waals surface area contributed by atoms with Crippen LogP contribution in [-0.2, 0) is 0 Å². The maximum absolute atomic E-state index is 3.75. The summed E-state index contributed by atoms with van der Waals surface area (Å²) in [5.74, 6) is 0. The van der Waals surface area contributed by atoms with E-state index in [0.29, 0.717) is 0 Å². The zero-order valence-electron chi connectivity index (χ0n) is 7.38. The van der Waals surface area contributed by atoms with Crippen LogP contribution in [0.25, 0.3) is 0 Å². The largest absolute Gasteiger partial charge is 0.279 e. The lowest BCUT2D eigenvalue weighted by molar-refractivity contribution is 0.912. The van der Waals surface area contributed by atoms with Crippen LogP contribution in [0.1, 0.15) is 6.92 Å².